The maximum absolute atomic E-state index is 10.4. The van der Waals surface area contributed by atoms with Gasteiger partial charge in [-0.2, -0.15) is 0 Å². The normalized spacial score (nSPS) is 11.4. The molecule has 0 saturated heterocycles. The van der Waals surface area contributed by atoms with Gasteiger partial charge in [0.1, 0.15) is 0 Å². The number of rotatable bonds is 8. The molecule has 0 aliphatic rings. The number of hydrogen-bond acceptors (Lipinski definition) is 2. The van der Waals surface area contributed by atoms with Crippen molar-refractivity contribution in [3.8, 4) is 0 Å². The van der Waals surface area contributed by atoms with Gasteiger partial charge < -0.3 is 20.2 Å². The van der Waals surface area contributed by atoms with Crippen LogP contribution >= 0.6 is 0 Å². The van der Waals surface area contributed by atoms with Gasteiger partial charge in [0.25, 0.3) is 0 Å². The van der Waals surface area contributed by atoms with Crippen molar-refractivity contribution in [1.29, 1.82) is 0 Å². The lowest BCUT2D eigenvalue weighted by Gasteiger charge is -2.06. The van der Waals surface area contributed by atoms with Crippen LogP contribution in [0.15, 0.2) is 30.7 Å². The fourth-order valence-corrected chi connectivity index (χ4v) is 2.31. The Labute approximate surface area is 141 Å². The number of carboxylic acid groups (broad SMARTS) is 2. The number of aryl methyl sites for hydroxylation is 3. The van der Waals surface area contributed by atoms with Crippen molar-refractivity contribution >= 4 is 11.9 Å². The third-order valence-electron chi connectivity index (χ3n) is 3.76. The number of hydrogen-bond donors (Lipinski definition) is 4. The van der Waals surface area contributed by atoms with E-state index in [0.717, 1.165) is 24.0 Å². The third kappa shape index (κ3) is 8.22. The van der Waals surface area contributed by atoms with E-state index in [-0.39, 0.29) is 18.8 Å². The molecule has 1 atom stereocenters. The van der Waals surface area contributed by atoms with Crippen molar-refractivity contribution in [2.24, 2.45) is 5.92 Å². The second kappa shape index (κ2) is 10.3. The first-order valence-electron chi connectivity index (χ1n) is 8.06. The topological polar surface area (TPSA) is 106 Å². The minimum Gasteiger partial charge on any atom is -0.481 e. The molecule has 0 spiro atoms. The average Bonchev–Trinajstić information content (AvgIpc) is 3.14. The Bertz CT molecular complexity index is 617. The molecule has 132 valence electrons. The number of nitrogens with one attached hydrogen (secondary N) is 2. The van der Waals surface area contributed by atoms with Crippen LogP contribution in [0.2, 0.25) is 0 Å². The van der Waals surface area contributed by atoms with Gasteiger partial charge in [-0.15, -0.1) is 0 Å². The summed E-state index contributed by atoms with van der Waals surface area (Å²) in [5, 5.41) is 16.9. The van der Waals surface area contributed by atoms with Gasteiger partial charge >= 0.3 is 11.9 Å². The quantitative estimate of drug-likeness (QED) is 0.593. The molecule has 6 nitrogen and oxygen atoms in total. The number of carbonyl (C=O) groups is 2. The van der Waals surface area contributed by atoms with Gasteiger partial charge in [-0.25, -0.2) is 0 Å². The van der Waals surface area contributed by atoms with E-state index in [1.54, 1.807) is 0 Å². The van der Waals surface area contributed by atoms with Crippen LogP contribution < -0.4 is 0 Å². The Hall–Kier alpha value is -2.50. The molecule has 6 heteroatoms. The molecule has 0 bridgehead atoms. The predicted molar refractivity (Wildman–Crippen MR) is 92.0 cm³/mol. The van der Waals surface area contributed by atoms with Crippen molar-refractivity contribution in [1.82, 2.24) is 9.97 Å². The summed E-state index contributed by atoms with van der Waals surface area (Å²) < 4.78 is 0. The molecular weight excluding hydrogens is 308 g/mol. The minimum absolute atomic E-state index is 0.207. The highest BCUT2D eigenvalue weighted by Crippen LogP contribution is 2.11. The number of H-pyrrole nitrogens is 2. The maximum Gasteiger partial charge on any atom is 0.303 e. The van der Waals surface area contributed by atoms with Gasteiger partial charge in [0.15, 0.2) is 0 Å². The second-order valence-corrected chi connectivity index (χ2v) is 5.99. The fourth-order valence-electron chi connectivity index (χ4n) is 2.31. The van der Waals surface area contributed by atoms with E-state index in [2.05, 4.69) is 9.97 Å². The molecule has 0 amide bonds. The second-order valence-electron chi connectivity index (χ2n) is 5.99. The highest BCUT2D eigenvalue weighted by atomic mass is 16.4. The molecule has 0 fully saturated rings. The van der Waals surface area contributed by atoms with Crippen LogP contribution in [-0.2, 0) is 22.4 Å². The molecule has 0 aliphatic carbocycles. The summed E-state index contributed by atoms with van der Waals surface area (Å²) in [4.78, 5) is 26.6. The summed E-state index contributed by atoms with van der Waals surface area (Å²) in [6.07, 6.45) is 8.55. The average molecular weight is 334 g/mol. The molecule has 2 aromatic rings. The summed E-state index contributed by atoms with van der Waals surface area (Å²) in [5.74, 6) is -1.20. The van der Waals surface area contributed by atoms with Crippen LogP contribution in [0, 0.1) is 12.8 Å². The minimum atomic E-state index is -0.745. The van der Waals surface area contributed by atoms with Gasteiger partial charge in [-0.1, -0.05) is 6.92 Å². The molecular formula is C18H26N2O4. The Morgan fingerprint density at radius 1 is 1.17 bits per heavy atom. The zero-order valence-electron chi connectivity index (χ0n) is 14.2. The molecule has 0 saturated carbocycles. The Kier molecular flexibility index (Phi) is 8.39. The van der Waals surface area contributed by atoms with Crippen LogP contribution in [0.1, 0.15) is 43.0 Å². The first kappa shape index (κ1) is 19.5. The smallest absolute Gasteiger partial charge is 0.303 e. The van der Waals surface area contributed by atoms with E-state index in [9.17, 15) is 9.59 Å². The van der Waals surface area contributed by atoms with Crippen molar-refractivity contribution in [3.63, 3.8) is 0 Å². The van der Waals surface area contributed by atoms with Crippen LogP contribution in [0.3, 0.4) is 0 Å². The van der Waals surface area contributed by atoms with Gasteiger partial charge in [0.05, 0.1) is 0 Å². The standard InChI is InChI=1S/C10H15NO2.C8H11NO2/c1-8(7-10(12)13)4-5-9-3-2-6-11-9;1-6-4-9-5-7(6)2-3-8(10)11/h2-3,6,8,11H,4-5,7H2,1H3,(H,12,13);4-5,9H,2-3H2,1H3,(H,10,11). The zero-order valence-corrected chi connectivity index (χ0v) is 14.2. The van der Waals surface area contributed by atoms with E-state index in [1.807, 2.05) is 44.6 Å². The summed E-state index contributed by atoms with van der Waals surface area (Å²) in [7, 11) is 0. The Balaban J connectivity index is 0.000000243. The summed E-state index contributed by atoms with van der Waals surface area (Å²) >= 11 is 0. The Morgan fingerprint density at radius 2 is 1.92 bits per heavy atom. The summed E-state index contributed by atoms with van der Waals surface area (Å²) in [5.41, 5.74) is 3.40. The lowest BCUT2D eigenvalue weighted by molar-refractivity contribution is -0.138. The maximum atomic E-state index is 10.4. The summed E-state index contributed by atoms with van der Waals surface area (Å²) in [6.45, 7) is 3.94. The lowest BCUT2D eigenvalue weighted by Crippen LogP contribution is -2.05. The van der Waals surface area contributed by atoms with Crippen molar-refractivity contribution in [2.45, 2.75) is 46.0 Å². The van der Waals surface area contributed by atoms with Gasteiger partial charge in [-0.3, -0.25) is 9.59 Å². The van der Waals surface area contributed by atoms with E-state index in [0.29, 0.717) is 6.42 Å². The third-order valence-corrected chi connectivity index (χ3v) is 3.76. The highest BCUT2D eigenvalue weighted by Gasteiger charge is 2.07. The number of aromatic amines is 2. The monoisotopic (exact) mass is 334 g/mol. The van der Waals surface area contributed by atoms with Crippen LogP contribution in [0.25, 0.3) is 0 Å². The largest absolute Gasteiger partial charge is 0.481 e. The van der Waals surface area contributed by atoms with Gasteiger partial charge in [0, 0.05) is 37.1 Å². The molecule has 24 heavy (non-hydrogen) atoms. The molecule has 2 heterocycles. The fraction of sp³-hybridized carbons (Fsp3) is 0.444. The molecule has 0 radical (unpaired) electrons. The highest BCUT2D eigenvalue weighted by molar-refractivity contribution is 5.67. The SMILES string of the molecule is CC(CCc1ccc[nH]1)CC(=O)O.Cc1c[nH]cc1CCC(=O)O. The molecule has 1 unspecified atom stereocenters. The van der Waals surface area contributed by atoms with E-state index in [1.165, 1.54) is 5.69 Å². The van der Waals surface area contributed by atoms with E-state index >= 15 is 0 Å². The first-order chi connectivity index (χ1) is 11.4. The van der Waals surface area contributed by atoms with Crippen LogP contribution in [-0.4, -0.2) is 32.1 Å². The number of carboxylic acids is 2. The molecule has 2 aromatic heterocycles. The van der Waals surface area contributed by atoms with Crippen molar-refractivity contribution in [2.75, 3.05) is 0 Å². The first-order valence-corrected chi connectivity index (χ1v) is 8.06. The van der Waals surface area contributed by atoms with Crippen LogP contribution in [0.4, 0.5) is 0 Å². The molecule has 0 aliphatic heterocycles. The number of aliphatic carboxylic acids is 2. The lowest BCUT2D eigenvalue weighted by atomic mass is 10.0. The molecule has 4 N–H and O–H groups in total. The summed E-state index contributed by atoms with van der Waals surface area (Å²) in [6, 6.07) is 3.98. The van der Waals surface area contributed by atoms with Crippen molar-refractivity contribution < 1.29 is 19.8 Å². The zero-order chi connectivity index (χ0) is 17.9. The van der Waals surface area contributed by atoms with E-state index < -0.39 is 11.9 Å². The number of aromatic nitrogens is 2. The molecule has 0 aromatic carbocycles. The van der Waals surface area contributed by atoms with E-state index in [4.69, 9.17) is 10.2 Å². The van der Waals surface area contributed by atoms with Crippen LogP contribution in [0.5, 0.6) is 0 Å². The van der Waals surface area contributed by atoms with Gasteiger partial charge in [-0.05, 0) is 55.4 Å². The predicted octanol–water partition coefficient (Wildman–Crippen LogP) is 3.40. The van der Waals surface area contributed by atoms with Crippen molar-refractivity contribution in [3.05, 3.63) is 47.5 Å². The Morgan fingerprint density at radius 3 is 2.42 bits per heavy atom. The molecule has 2 rings (SSSR count). The van der Waals surface area contributed by atoms with Gasteiger partial charge in [0.2, 0.25) is 0 Å².